The number of hydrogen-bond acceptors (Lipinski definition) is 2. The fourth-order valence-corrected chi connectivity index (χ4v) is 2.43. The number of rotatable bonds is 4. The molecule has 0 heterocycles. The molecule has 2 aromatic carbocycles. The van der Waals surface area contributed by atoms with E-state index in [-0.39, 0.29) is 17.5 Å². The molecule has 0 radical (unpaired) electrons. The molecule has 0 fully saturated rings. The van der Waals surface area contributed by atoms with Gasteiger partial charge in [-0.15, -0.1) is 0 Å². The molecule has 0 bridgehead atoms. The zero-order valence-electron chi connectivity index (χ0n) is 12.4. The zero-order valence-corrected chi connectivity index (χ0v) is 14.7. The maximum Gasteiger partial charge on any atom is 0.244 e. The fourth-order valence-electron chi connectivity index (χ4n) is 1.96. The monoisotopic (exact) mass is 388 g/mol. The van der Waals surface area contributed by atoms with Gasteiger partial charge in [0.2, 0.25) is 11.8 Å². The van der Waals surface area contributed by atoms with Crippen LogP contribution in [0.2, 0.25) is 15.1 Å². The van der Waals surface area contributed by atoms with Crippen molar-refractivity contribution in [2.45, 2.75) is 6.92 Å². The standard InChI is InChI=1S/C16H12Cl3FN2O2/c1-9(23)22(11-3-5-15(20)14(19)7-11)8-16(24)21-10-2-4-12(17)13(18)6-10/h2-7H,8H2,1H3,(H,21,24). The van der Waals surface area contributed by atoms with Crippen molar-refractivity contribution in [3.8, 4) is 0 Å². The maximum atomic E-state index is 13.2. The highest BCUT2D eigenvalue weighted by Gasteiger charge is 2.17. The first-order chi connectivity index (χ1) is 11.3. The minimum Gasteiger partial charge on any atom is -0.324 e. The molecule has 0 saturated heterocycles. The molecule has 1 N–H and O–H groups in total. The molecule has 2 aromatic rings. The van der Waals surface area contributed by atoms with Gasteiger partial charge in [-0.3, -0.25) is 9.59 Å². The van der Waals surface area contributed by atoms with Crippen molar-refractivity contribution in [3.05, 3.63) is 57.3 Å². The molecule has 4 nitrogen and oxygen atoms in total. The van der Waals surface area contributed by atoms with Gasteiger partial charge in [-0.05, 0) is 36.4 Å². The summed E-state index contributed by atoms with van der Waals surface area (Å²) in [7, 11) is 0. The third-order valence-electron chi connectivity index (χ3n) is 3.10. The summed E-state index contributed by atoms with van der Waals surface area (Å²) in [6.07, 6.45) is 0. The molecule has 0 aliphatic rings. The predicted molar refractivity (Wildman–Crippen MR) is 94.5 cm³/mol. The van der Waals surface area contributed by atoms with Crippen LogP contribution in [0.15, 0.2) is 36.4 Å². The van der Waals surface area contributed by atoms with Gasteiger partial charge in [0.15, 0.2) is 0 Å². The minimum atomic E-state index is -0.607. The van der Waals surface area contributed by atoms with Crippen LogP contribution in [-0.4, -0.2) is 18.4 Å². The average molecular weight is 390 g/mol. The summed E-state index contributed by atoms with van der Waals surface area (Å²) in [6.45, 7) is 1.03. The summed E-state index contributed by atoms with van der Waals surface area (Å²) in [5.41, 5.74) is 0.758. The van der Waals surface area contributed by atoms with Crippen molar-refractivity contribution >= 4 is 58.0 Å². The van der Waals surface area contributed by atoms with E-state index in [4.69, 9.17) is 34.8 Å². The summed E-state index contributed by atoms with van der Waals surface area (Å²) < 4.78 is 13.2. The Hall–Kier alpha value is -1.82. The van der Waals surface area contributed by atoms with Crippen LogP contribution < -0.4 is 10.2 Å². The summed E-state index contributed by atoms with van der Waals surface area (Å²) in [5, 5.41) is 3.13. The van der Waals surface area contributed by atoms with E-state index in [2.05, 4.69) is 5.32 Å². The second-order valence-electron chi connectivity index (χ2n) is 4.88. The molecule has 0 aliphatic carbocycles. The highest BCUT2D eigenvalue weighted by Crippen LogP contribution is 2.25. The SMILES string of the molecule is CC(=O)N(CC(=O)Nc1ccc(Cl)c(Cl)c1)c1ccc(F)c(Cl)c1. The molecule has 8 heteroatoms. The van der Waals surface area contributed by atoms with E-state index < -0.39 is 11.7 Å². The van der Waals surface area contributed by atoms with Gasteiger partial charge >= 0.3 is 0 Å². The molecular weight excluding hydrogens is 378 g/mol. The number of amides is 2. The van der Waals surface area contributed by atoms with Crippen molar-refractivity contribution < 1.29 is 14.0 Å². The van der Waals surface area contributed by atoms with Gasteiger partial charge in [0.05, 0.1) is 15.1 Å². The highest BCUT2D eigenvalue weighted by atomic mass is 35.5. The lowest BCUT2D eigenvalue weighted by atomic mass is 10.2. The molecule has 0 atom stereocenters. The smallest absolute Gasteiger partial charge is 0.244 e. The first kappa shape index (κ1) is 18.5. The number of nitrogens with one attached hydrogen (secondary N) is 1. The lowest BCUT2D eigenvalue weighted by Crippen LogP contribution is -2.36. The van der Waals surface area contributed by atoms with Crippen molar-refractivity contribution in [1.29, 1.82) is 0 Å². The highest BCUT2D eigenvalue weighted by molar-refractivity contribution is 6.42. The number of carbonyl (C=O) groups excluding carboxylic acids is 2. The Labute approximate surface area is 153 Å². The van der Waals surface area contributed by atoms with Gasteiger partial charge in [-0.1, -0.05) is 34.8 Å². The molecule has 0 saturated carbocycles. The molecule has 24 heavy (non-hydrogen) atoms. The number of anilines is 2. The van der Waals surface area contributed by atoms with Crippen LogP contribution in [0.3, 0.4) is 0 Å². The van der Waals surface area contributed by atoms with Crippen LogP contribution in [0.25, 0.3) is 0 Å². The van der Waals surface area contributed by atoms with Crippen LogP contribution in [-0.2, 0) is 9.59 Å². The van der Waals surface area contributed by atoms with Gasteiger partial charge in [-0.25, -0.2) is 4.39 Å². The van der Waals surface area contributed by atoms with Gasteiger partial charge in [0.25, 0.3) is 0 Å². The fraction of sp³-hybridized carbons (Fsp3) is 0.125. The van der Waals surface area contributed by atoms with Crippen molar-refractivity contribution in [3.63, 3.8) is 0 Å². The largest absolute Gasteiger partial charge is 0.324 e. The third kappa shape index (κ3) is 4.60. The predicted octanol–water partition coefficient (Wildman–Crippen LogP) is 4.78. The van der Waals surface area contributed by atoms with E-state index in [1.165, 1.54) is 30.0 Å². The van der Waals surface area contributed by atoms with E-state index >= 15 is 0 Å². The molecule has 2 rings (SSSR count). The molecule has 0 spiro atoms. The Morgan fingerprint density at radius 1 is 1.04 bits per heavy atom. The van der Waals surface area contributed by atoms with Gasteiger partial charge in [0, 0.05) is 18.3 Å². The maximum absolute atomic E-state index is 13.2. The third-order valence-corrected chi connectivity index (χ3v) is 4.13. The van der Waals surface area contributed by atoms with E-state index in [0.717, 1.165) is 6.07 Å². The molecule has 0 unspecified atom stereocenters. The van der Waals surface area contributed by atoms with E-state index in [1.54, 1.807) is 12.1 Å². The lowest BCUT2D eigenvalue weighted by molar-refractivity contribution is -0.120. The number of carbonyl (C=O) groups is 2. The average Bonchev–Trinajstić information content (AvgIpc) is 2.51. The normalized spacial score (nSPS) is 10.4. The van der Waals surface area contributed by atoms with E-state index in [9.17, 15) is 14.0 Å². The summed E-state index contributed by atoms with van der Waals surface area (Å²) >= 11 is 17.4. The summed E-state index contributed by atoms with van der Waals surface area (Å²) in [6, 6.07) is 8.40. The molecule has 2 amide bonds. The van der Waals surface area contributed by atoms with Gasteiger partial charge in [0.1, 0.15) is 12.4 Å². The Balaban J connectivity index is 2.15. The Morgan fingerprint density at radius 3 is 2.33 bits per heavy atom. The van der Waals surface area contributed by atoms with Crippen molar-refractivity contribution in [2.24, 2.45) is 0 Å². The minimum absolute atomic E-state index is 0.136. The zero-order chi connectivity index (χ0) is 17.9. The van der Waals surface area contributed by atoms with Crippen LogP contribution in [0.5, 0.6) is 0 Å². The number of halogens is 4. The number of nitrogens with zero attached hydrogens (tertiary/aromatic N) is 1. The first-order valence-electron chi connectivity index (χ1n) is 6.76. The quantitative estimate of drug-likeness (QED) is 0.818. The number of benzene rings is 2. The van der Waals surface area contributed by atoms with Crippen LogP contribution in [0.1, 0.15) is 6.92 Å². The molecule has 0 aromatic heterocycles. The van der Waals surface area contributed by atoms with Crippen molar-refractivity contribution in [1.82, 2.24) is 0 Å². The van der Waals surface area contributed by atoms with Crippen LogP contribution in [0, 0.1) is 5.82 Å². The lowest BCUT2D eigenvalue weighted by Gasteiger charge is -2.21. The Morgan fingerprint density at radius 2 is 1.75 bits per heavy atom. The van der Waals surface area contributed by atoms with Crippen molar-refractivity contribution in [2.75, 3.05) is 16.8 Å². The second-order valence-corrected chi connectivity index (χ2v) is 6.10. The van der Waals surface area contributed by atoms with E-state index in [0.29, 0.717) is 21.4 Å². The van der Waals surface area contributed by atoms with Crippen LogP contribution in [0.4, 0.5) is 15.8 Å². The van der Waals surface area contributed by atoms with Gasteiger partial charge in [-0.2, -0.15) is 0 Å². The summed E-state index contributed by atoms with van der Waals surface area (Å²) in [5.74, 6) is -1.45. The summed E-state index contributed by atoms with van der Waals surface area (Å²) in [4.78, 5) is 25.1. The molecule has 0 aliphatic heterocycles. The topological polar surface area (TPSA) is 49.4 Å². The van der Waals surface area contributed by atoms with Crippen LogP contribution >= 0.6 is 34.8 Å². The van der Waals surface area contributed by atoms with Gasteiger partial charge < -0.3 is 10.2 Å². The second kappa shape index (κ2) is 7.83. The van der Waals surface area contributed by atoms with E-state index in [1.807, 2.05) is 0 Å². The molecular formula is C16H12Cl3FN2O2. The first-order valence-corrected chi connectivity index (χ1v) is 7.89. The Kier molecular flexibility index (Phi) is 6.04. The number of hydrogen-bond donors (Lipinski definition) is 1. The Bertz CT molecular complexity index is 799. The molecule has 126 valence electrons.